The van der Waals surface area contributed by atoms with Crippen LogP contribution < -0.4 is 11.1 Å². The number of nitrogens with two attached hydrogens (primary N) is 1. The van der Waals surface area contributed by atoms with Gasteiger partial charge in [0.15, 0.2) is 0 Å². The minimum atomic E-state index is -0.125. The molecule has 1 aromatic carbocycles. The Morgan fingerprint density at radius 2 is 1.95 bits per heavy atom. The maximum atomic E-state index is 11.2. The van der Waals surface area contributed by atoms with Crippen molar-refractivity contribution in [1.29, 1.82) is 0 Å². The zero-order valence-corrected chi connectivity index (χ0v) is 13.2. The molecule has 1 fully saturated rings. The van der Waals surface area contributed by atoms with Crippen LogP contribution in [0.5, 0.6) is 0 Å². The van der Waals surface area contributed by atoms with Crippen LogP contribution in [0.3, 0.4) is 0 Å². The molecular formula is C16H21BrN2O. The van der Waals surface area contributed by atoms with Crippen molar-refractivity contribution in [3.05, 3.63) is 33.8 Å². The van der Waals surface area contributed by atoms with Gasteiger partial charge in [0, 0.05) is 22.5 Å². The Hall–Kier alpha value is -0.870. The highest BCUT2D eigenvalue weighted by Gasteiger charge is 2.29. The predicted octanol–water partition coefficient (Wildman–Crippen LogP) is 3.07. The Morgan fingerprint density at radius 1 is 1.20 bits per heavy atom. The van der Waals surface area contributed by atoms with Crippen molar-refractivity contribution in [2.45, 2.75) is 50.6 Å². The summed E-state index contributed by atoms with van der Waals surface area (Å²) in [6.45, 7) is 0. The Kier molecular flexibility index (Phi) is 4.13. The zero-order chi connectivity index (χ0) is 14.1. The van der Waals surface area contributed by atoms with Crippen LogP contribution in [-0.4, -0.2) is 11.9 Å². The number of nitrogens with one attached hydrogen (secondary N) is 1. The van der Waals surface area contributed by atoms with Gasteiger partial charge in [-0.05, 0) is 61.8 Å². The second-order valence-electron chi connectivity index (χ2n) is 6.05. The molecule has 3 N–H and O–H groups in total. The van der Waals surface area contributed by atoms with Crippen LogP contribution in [0.4, 0.5) is 0 Å². The summed E-state index contributed by atoms with van der Waals surface area (Å²) in [4.78, 5) is 11.2. The molecule has 0 aliphatic heterocycles. The van der Waals surface area contributed by atoms with Crippen molar-refractivity contribution in [3.8, 4) is 0 Å². The highest BCUT2D eigenvalue weighted by molar-refractivity contribution is 9.10. The summed E-state index contributed by atoms with van der Waals surface area (Å²) in [6, 6.07) is 7.61. The van der Waals surface area contributed by atoms with E-state index in [0.717, 1.165) is 32.1 Å². The van der Waals surface area contributed by atoms with Crippen LogP contribution in [0.1, 0.15) is 49.3 Å². The monoisotopic (exact) mass is 336 g/mol. The molecule has 1 amide bonds. The Balaban J connectivity index is 1.60. The molecule has 3 rings (SSSR count). The number of benzene rings is 1. The average molecular weight is 337 g/mol. The Bertz CT molecular complexity index is 509. The summed E-state index contributed by atoms with van der Waals surface area (Å²) < 4.78 is 1.17. The number of carbonyl (C=O) groups excluding carboxylic acids is 1. The second kappa shape index (κ2) is 5.86. The lowest BCUT2D eigenvalue weighted by Crippen LogP contribution is -2.38. The third kappa shape index (κ3) is 2.91. The largest absolute Gasteiger partial charge is 0.369 e. The molecule has 1 unspecified atom stereocenters. The van der Waals surface area contributed by atoms with Gasteiger partial charge in [0.25, 0.3) is 0 Å². The summed E-state index contributed by atoms with van der Waals surface area (Å²) in [6.07, 6.45) is 6.34. The van der Waals surface area contributed by atoms with Gasteiger partial charge in [0.05, 0.1) is 0 Å². The summed E-state index contributed by atoms with van der Waals surface area (Å²) in [7, 11) is 0. The summed E-state index contributed by atoms with van der Waals surface area (Å²) >= 11 is 3.54. The van der Waals surface area contributed by atoms with Crippen molar-refractivity contribution < 1.29 is 4.79 Å². The van der Waals surface area contributed by atoms with E-state index in [1.165, 1.54) is 22.0 Å². The fraction of sp³-hybridized carbons (Fsp3) is 0.562. The molecule has 0 radical (unpaired) electrons. The van der Waals surface area contributed by atoms with E-state index in [-0.39, 0.29) is 11.8 Å². The average Bonchev–Trinajstić information content (AvgIpc) is 2.81. The Morgan fingerprint density at radius 3 is 2.65 bits per heavy atom. The van der Waals surface area contributed by atoms with E-state index in [0.29, 0.717) is 12.1 Å². The van der Waals surface area contributed by atoms with Crippen LogP contribution in [0.2, 0.25) is 0 Å². The number of halogens is 1. The molecule has 2 aliphatic carbocycles. The van der Waals surface area contributed by atoms with E-state index in [9.17, 15) is 4.79 Å². The molecule has 1 atom stereocenters. The van der Waals surface area contributed by atoms with Gasteiger partial charge >= 0.3 is 0 Å². The van der Waals surface area contributed by atoms with E-state index in [1.807, 2.05) is 0 Å². The van der Waals surface area contributed by atoms with Crippen molar-refractivity contribution >= 4 is 21.8 Å². The fourth-order valence-electron chi connectivity index (χ4n) is 3.59. The lowest BCUT2D eigenvalue weighted by atomic mass is 9.85. The van der Waals surface area contributed by atoms with Gasteiger partial charge in [-0.1, -0.05) is 22.0 Å². The van der Waals surface area contributed by atoms with Crippen molar-refractivity contribution in [2.75, 3.05) is 0 Å². The molecule has 0 bridgehead atoms. The van der Waals surface area contributed by atoms with Gasteiger partial charge in [-0.15, -0.1) is 0 Å². The molecule has 1 saturated carbocycles. The molecule has 0 heterocycles. The minimum Gasteiger partial charge on any atom is -0.369 e. The van der Waals surface area contributed by atoms with Crippen molar-refractivity contribution in [3.63, 3.8) is 0 Å². The third-order valence-electron chi connectivity index (χ3n) is 4.75. The predicted molar refractivity (Wildman–Crippen MR) is 83.3 cm³/mol. The molecule has 0 saturated heterocycles. The number of fused-ring (bicyclic) bond motifs is 1. The first-order chi connectivity index (χ1) is 9.63. The van der Waals surface area contributed by atoms with E-state index < -0.39 is 0 Å². The number of primary amides is 1. The van der Waals surface area contributed by atoms with Gasteiger partial charge in [0.1, 0.15) is 0 Å². The molecule has 1 aromatic rings. The summed E-state index contributed by atoms with van der Waals surface area (Å²) in [5, 5.41) is 3.79. The quantitative estimate of drug-likeness (QED) is 0.891. The first kappa shape index (κ1) is 14.1. The topological polar surface area (TPSA) is 55.1 Å². The highest BCUT2D eigenvalue weighted by Crippen LogP contribution is 2.35. The van der Waals surface area contributed by atoms with E-state index in [1.54, 1.807) is 0 Å². The fourth-order valence-corrected chi connectivity index (χ4v) is 4.00. The van der Waals surface area contributed by atoms with Gasteiger partial charge < -0.3 is 11.1 Å². The molecule has 3 nitrogen and oxygen atoms in total. The highest BCUT2D eigenvalue weighted by atomic mass is 79.9. The van der Waals surface area contributed by atoms with Crippen LogP contribution in [0.15, 0.2) is 22.7 Å². The van der Waals surface area contributed by atoms with Crippen LogP contribution in [-0.2, 0) is 11.2 Å². The maximum absolute atomic E-state index is 11.2. The number of amides is 1. The zero-order valence-electron chi connectivity index (χ0n) is 11.6. The number of carbonyl (C=O) groups is 1. The first-order valence-electron chi connectivity index (χ1n) is 7.47. The maximum Gasteiger partial charge on any atom is 0.220 e. The standard InChI is InChI=1S/C16H21BrN2O/c17-12-4-7-14-11(9-12)3-8-15(14)19-13-5-1-10(2-6-13)16(18)20/h4,7,9-10,13,15,19H,1-3,5-6,8H2,(H2,18,20). The molecule has 4 heteroatoms. The molecule has 20 heavy (non-hydrogen) atoms. The number of hydrogen-bond acceptors (Lipinski definition) is 2. The normalized spacial score (nSPS) is 29.1. The minimum absolute atomic E-state index is 0.0971. The second-order valence-corrected chi connectivity index (χ2v) is 6.97. The van der Waals surface area contributed by atoms with Crippen molar-refractivity contribution in [2.24, 2.45) is 11.7 Å². The molecule has 108 valence electrons. The molecule has 0 aromatic heterocycles. The van der Waals surface area contributed by atoms with Crippen molar-refractivity contribution in [1.82, 2.24) is 5.32 Å². The number of aryl methyl sites for hydroxylation is 1. The molecular weight excluding hydrogens is 316 g/mol. The van der Waals surface area contributed by atoms with E-state index >= 15 is 0 Å². The lowest BCUT2D eigenvalue weighted by Gasteiger charge is -2.30. The molecule has 2 aliphatic rings. The smallest absolute Gasteiger partial charge is 0.220 e. The number of rotatable bonds is 3. The SMILES string of the molecule is NC(=O)C1CCC(NC2CCc3cc(Br)ccc32)CC1. The first-order valence-corrected chi connectivity index (χ1v) is 8.26. The summed E-state index contributed by atoms with van der Waals surface area (Å²) in [5.74, 6) is -0.0284. The van der Waals surface area contributed by atoms with E-state index in [4.69, 9.17) is 5.73 Å². The summed E-state index contributed by atoms with van der Waals surface area (Å²) in [5.41, 5.74) is 8.30. The lowest BCUT2D eigenvalue weighted by molar-refractivity contribution is -0.122. The van der Waals surface area contributed by atoms with Crippen LogP contribution >= 0.6 is 15.9 Å². The number of hydrogen-bond donors (Lipinski definition) is 2. The Labute approximate surface area is 128 Å². The molecule has 0 spiro atoms. The van der Waals surface area contributed by atoms with Gasteiger partial charge in [-0.3, -0.25) is 4.79 Å². The van der Waals surface area contributed by atoms with Crippen LogP contribution in [0, 0.1) is 5.92 Å². The van der Waals surface area contributed by atoms with Gasteiger partial charge in [-0.25, -0.2) is 0 Å². The van der Waals surface area contributed by atoms with Gasteiger partial charge in [-0.2, -0.15) is 0 Å². The van der Waals surface area contributed by atoms with Crippen LogP contribution in [0.25, 0.3) is 0 Å². The van der Waals surface area contributed by atoms with Gasteiger partial charge in [0.2, 0.25) is 5.91 Å². The third-order valence-corrected chi connectivity index (χ3v) is 5.24. The van der Waals surface area contributed by atoms with E-state index in [2.05, 4.69) is 39.4 Å².